The van der Waals surface area contributed by atoms with Gasteiger partial charge >= 0.3 is 0 Å². The van der Waals surface area contributed by atoms with Gasteiger partial charge in [0.05, 0.1) is 0 Å². The molecule has 1 aliphatic rings. The van der Waals surface area contributed by atoms with Crippen molar-refractivity contribution in [1.29, 1.82) is 0 Å². The molecule has 0 amide bonds. The van der Waals surface area contributed by atoms with Crippen LogP contribution in [0.15, 0.2) is 18.2 Å². The second kappa shape index (κ2) is 4.89. The first-order chi connectivity index (χ1) is 7.25. The first kappa shape index (κ1) is 10.8. The zero-order valence-corrected chi connectivity index (χ0v) is 9.98. The third kappa shape index (κ3) is 2.88. The van der Waals surface area contributed by atoms with Crippen molar-refractivity contribution in [3.8, 4) is 0 Å². The van der Waals surface area contributed by atoms with E-state index < -0.39 is 0 Å². The van der Waals surface area contributed by atoms with E-state index in [1.165, 1.54) is 43.4 Å². The Morgan fingerprint density at radius 3 is 2.67 bits per heavy atom. The van der Waals surface area contributed by atoms with Gasteiger partial charge in [0, 0.05) is 16.8 Å². The van der Waals surface area contributed by atoms with Crippen LogP contribution in [0.25, 0.3) is 0 Å². The van der Waals surface area contributed by atoms with Crippen molar-refractivity contribution in [2.75, 3.05) is 5.32 Å². The number of nitrogens with one attached hydrogen (secondary N) is 1. The van der Waals surface area contributed by atoms with Crippen molar-refractivity contribution in [2.45, 2.75) is 45.1 Å². The Morgan fingerprint density at radius 2 is 1.93 bits per heavy atom. The second-order valence-electron chi connectivity index (χ2n) is 4.44. The van der Waals surface area contributed by atoms with Crippen LogP contribution in [-0.4, -0.2) is 6.04 Å². The lowest BCUT2D eigenvalue weighted by Crippen LogP contribution is -2.22. The molecule has 0 atom stereocenters. The van der Waals surface area contributed by atoms with E-state index in [2.05, 4.69) is 18.3 Å². The molecule has 1 N–H and O–H groups in total. The molecule has 0 bridgehead atoms. The number of benzene rings is 1. The predicted molar refractivity (Wildman–Crippen MR) is 66.7 cm³/mol. The minimum Gasteiger partial charge on any atom is -0.382 e. The van der Waals surface area contributed by atoms with Gasteiger partial charge in [0.15, 0.2) is 0 Å². The molecular weight excluding hydrogens is 206 g/mol. The molecule has 1 saturated carbocycles. The zero-order valence-electron chi connectivity index (χ0n) is 9.22. The van der Waals surface area contributed by atoms with Crippen molar-refractivity contribution < 1.29 is 0 Å². The maximum absolute atomic E-state index is 5.99. The Hall–Kier alpha value is -0.690. The molecule has 1 aromatic rings. The van der Waals surface area contributed by atoms with Crippen molar-refractivity contribution >= 4 is 17.3 Å². The zero-order chi connectivity index (χ0) is 10.7. The normalized spacial score (nSPS) is 17.7. The van der Waals surface area contributed by atoms with Gasteiger partial charge in [-0.25, -0.2) is 0 Å². The highest BCUT2D eigenvalue weighted by Gasteiger charge is 2.13. The lowest BCUT2D eigenvalue weighted by Gasteiger charge is -2.24. The molecule has 0 heterocycles. The lowest BCUT2D eigenvalue weighted by atomic mass is 9.95. The molecule has 82 valence electrons. The summed E-state index contributed by atoms with van der Waals surface area (Å²) in [6.45, 7) is 2.13. The first-order valence-corrected chi connectivity index (χ1v) is 6.16. The number of rotatable bonds is 2. The lowest BCUT2D eigenvalue weighted by molar-refractivity contribution is 0.462. The molecule has 1 nitrogen and oxygen atoms in total. The third-order valence-corrected chi connectivity index (χ3v) is 3.40. The fraction of sp³-hybridized carbons (Fsp3) is 0.538. The molecule has 0 radical (unpaired) electrons. The van der Waals surface area contributed by atoms with Crippen LogP contribution in [0, 0.1) is 6.92 Å². The van der Waals surface area contributed by atoms with Crippen LogP contribution < -0.4 is 5.32 Å². The minimum atomic E-state index is 0.649. The minimum absolute atomic E-state index is 0.649. The van der Waals surface area contributed by atoms with Gasteiger partial charge in [-0.15, -0.1) is 0 Å². The Morgan fingerprint density at radius 1 is 1.20 bits per heavy atom. The average molecular weight is 224 g/mol. The quantitative estimate of drug-likeness (QED) is 0.784. The van der Waals surface area contributed by atoms with E-state index >= 15 is 0 Å². The van der Waals surface area contributed by atoms with E-state index in [4.69, 9.17) is 11.6 Å². The fourth-order valence-electron chi connectivity index (χ4n) is 2.22. The summed E-state index contributed by atoms with van der Waals surface area (Å²) in [5.74, 6) is 0. The van der Waals surface area contributed by atoms with Gasteiger partial charge < -0.3 is 5.32 Å². The molecular formula is C13H18ClN. The molecule has 0 spiro atoms. The van der Waals surface area contributed by atoms with Gasteiger partial charge in [-0.2, -0.15) is 0 Å². The van der Waals surface area contributed by atoms with Crippen LogP contribution in [0.3, 0.4) is 0 Å². The molecule has 2 rings (SSSR count). The summed E-state index contributed by atoms with van der Waals surface area (Å²) in [6, 6.07) is 6.71. The van der Waals surface area contributed by atoms with E-state index in [9.17, 15) is 0 Å². The van der Waals surface area contributed by atoms with E-state index in [0.717, 1.165) is 5.02 Å². The SMILES string of the molecule is Cc1ccc(Cl)cc1NC1CCCCC1. The summed E-state index contributed by atoms with van der Waals surface area (Å²) < 4.78 is 0. The Kier molecular flexibility index (Phi) is 3.53. The number of halogens is 1. The Labute approximate surface area is 96.8 Å². The third-order valence-electron chi connectivity index (χ3n) is 3.16. The summed E-state index contributed by atoms with van der Waals surface area (Å²) in [6.07, 6.45) is 6.71. The molecule has 0 aliphatic heterocycles. The van der Waals surface area contributed by atoms with E-state index in [1.807, 2.05) is 12.1 Å². The molecule has 0 unspecified atom stereocenters. The Balaban J connectivity index is 2.05. The highest BCUT2D eigenvalue weighted by molar-refractivity contribution is 6.30. The van der Waals surface area contributed by atoms with Crippen LogP contribution >= 0.6 is 11.6 Å². The van der Waals surface area contributed by atoms with Crippen molar-refractivity contribution in [3.63, 3.8) is 0 Å². The molecule has 1 aromatic carbocycles. The smallest absolute Gasteiger partial charge is 0.0426 e. The second-order valence-corrected chi connectivity index (χ2v) is 4.87. The van der Waals surface area contributed by atoms with Gasteiger partial charge in [-0.3, -0.25) is 0 Å². The molecule has 1 aliphatic carbocycles. The average Bonchev–Trinajstić information content (AvgIpc) is 2.25. The molecule has 2 heteroatoms. The van der Waals surface area contributed by atoms with Crippen molar-refractivity contribution in [3.05, 3.63) is 28.8 Å². The van der Waals surface area contributed by atoms with Crippen LogP contribution in [0.1, 0.15) is 37.7 Å². The summed E-state index contributed by atoms with van der Waals surface area (Å²) in [7, 11) is 0. The van der Waals surface area contributed by atoms with Crippen LogP contribution in [-0.2, 0) is 0 Å². The maximum atomic E-state index is 5.99. The number of aryl methyl sites for hydroxylation is 1. The summed E-state index contributed by atoms with van der Waals surface area (Å²) >= 11 is 5.99. The highest BCUT2D eigenvalue weighted by Crippen LogP contribution is 2.25. The first-order valence-electron chi connectivity index (χ1n) is 5.78. The number of hydrogen-bond donors (Lipinski definition) is 1. The van der Waals surface area contributed by atoms with Gasteiger partial charge in [-0.1, -0.05) is 36.9 Å². The summed E-state index contributed by atoms with van der Waals surface area (Å²) in [5, 5.41) is 4.42. The predicted octanol–water partition coefficient (Wildman–Crippen LogP) is 4.39. The topological polar surface area (TPSA) is 12.0 Å². The number of anilines is 1. The summed E-state index contributed by atoms with van der Waals surface area (Å²) in [4.78, 5) is 0. The monoisotopic (exact) mass is 223 g/mol. The van der Waals surface area contributed by atoms with Gasteiger partial charge in [0.2, 0.25) is 0 Å². The van der Waals surface area contributed by atoms with Gasteiger partial charge in [-0.05, 0) is 37.5 Å². The summed E-state index contributed by atoms with van der Waals surface area (Å²) in [5.41, 5.74) is 2.49. The number of hydrogen-bond acceptors (Lipinski definition) is 1. The molecule has 1 fully saturated rings. The van der Waals surface area contributed by atoms with Gasteiger partial charge in [0.1, 0.15) is 0 Å². The largest absolute Gasteiger partial charge is 0.382 e. The van der Waals surface area contributed by atoms with Gasteiger partial charge in [0.25, 0.3) is 0 Å². The Bertz CT molecular complexity index is 329. The standard InChI is InChI=1S/C13H18ClN/c1-10-7-8-11(14)9-13(10)15-12-5-3-2-4-6-12/h7-9,12,15H,2-6H2,1H3. The van der Waals surface area contributed by atoms with E-state index in [-0.39, 0.29) is 0 Å². The van der Waals surface area contributed by atoms with Crippen LogP contribution in [0.5, 0.6) is 0 Å². The highest BCUT2D eigenvalue weighted by atomic mass is 35.5. The maximum Gasteiger partial charge on any atom is 0.0426 e. The van der Waals surface area contributed by atoms with Crippen LogP contribution in [0.2, 0.25) is 5.02 Å². The van der Waals surface area contributed by atoms with Crippen molar-refractivity contribution in [2.24, 2.45) is 0 Å². The van der Waals surface area contributed by atoms with Crippen LogP contribution in [0.4, 0.5) is 5.69 Å². The van der Waals surface area contributed by atoms with E-state index in [1.54, 1.807) is 0 Å². The molecule has 0 aromatic heterocycles. The fourth-order valence-corrected chi connectivity index (χ4v) is 2.39. The molecule has 0 saturated heterocycles. The van der Waals surface area contributed by atoms with E-state index in [0.29, 0.717) is 6.04 Å². The molecule has 15 heavy (non-hydrogen) atoms. The van der Waals surface area contributed by atoms with Crippen molar-refractivity contribution in [1.82, 2.24) is 0 Å².